The predicted octanol–water partition coefficient (Wildman–Crippen LogP) is 1.77. The molecule has 112 valence electrons. The summed E-state index contributed by atoms with van der Waals surface area (Å²) in [5.41, 5.74) is 7.97. The molecule has 5 nitrogen and oxygen atoms in total. The number of nitrogens with one attached hydrogen (secondary N) is 1. The fraction of sp³-hybridized carbons (Fsp3) is 0.500. The van der Waals surface area contributed by atoms with Crippen molar-refractivity contribution in [2.75, 3.05) is 11.4 Å². The van der Waals surface area contributed by atoms with E-state index in [-0.39, 0.29) is 5.91 Å². The first-order chi connectivity index (χ1) is 10.2. The summed E-state index contributed by atoms with van der Waals surface area (Å²) >= 11 is 0. The largest absolute Gasteiger partial charge is 0.370 e. The highest BCUT2D eigenvalue weighted by molar-refractivity contribution is 5.99. The van der Waals surface area contributed by atoms with Crippen molar-refractivity contribution in [2.24, 2.45) is 10.7 Å². The Labute approximate surface area is 125 Å². The maximum absolute atomic E-state index is 11.5. The average Bonchev–Trinajstić information content (AvgIpc) is 2.97. The van der Waals surface area contributed by atoms with Crippen LogP contribution in [0.25, 0.3) is 0 Å². The lowest BCUT2D eigenvalue weighted by Gasteiger charge is -2.30. The van der Waals surface area contributed by atoms with E-state index in [0.717, 1.165) is 17.8 Å². The van der Waals surface area contributed by atoms with Crippen molar-refractivity contribution >= 4 is 17.6 Å². The molecule has 2 aliphatic rings. The van der Waals surface area contributed by atoms with E-state index >= 15 is 0 Å². The van der Waals surface area contributed by atoms with Crippen molar-refractivity contribution in [1.82, 2.24) is 5.32 Å². The summed E-state index contributed by atoms with van der Waals surface area (Å²) in [4.78, 5) is 17.7. The van der Waals surface area contributed by atoms with E-state index in [1.807, 2.05) is 24.3 Å². The van der Waals surface area contributed by atoms with Crippen LogP contribution in [0.1, 0.15) is 37.7 Å². The Balaban J connectivity index is 1.59. The van der Waals surface area contributed by atoms with Crippen LogP contribution in [0.3, 0.4) is 0 Å². The number of hydrogen-bond acceptors (Lipinski definition) is 2. The first kappa shape index (κ1) is 13.9. The molecule has 1 amide bonds. The number of amides is 1. The van der Waals surface area contributed by atoms with Gasteiger partial charge in [-0.15, -0.1) is 0 Å². The summed E-state index contributed by atoms with van der Waals surface area (Å²) in [5, 5.41) is 3.28. The first-order valence-electron chi connectivity index (χ1n) is 7.68. The summed E-state index contributed by atoms with van der Waals surface area (Å²) in [5.74, 6) is 0.713. The van der Waals surface area contributed by atoms with E-state index in [9.17, 15) is 4.79 Å². The normalized spacial score (nSPS) is 19.7. The number of anilines is 1. The Kier molecular flexibility index (Phi) is 4.08. The molecule has 0 aromatic heterocycles. The van der Waals surface area contributed by atoms with Crippen molar-refractivity contribution in [1.29, 1.82) is 0 Å². The van der Waals surface area contributed by atoms with Crippen molar-refractivity contribution in [2.45, 2.75) is 44.7 Å². The summed E-state index contributed by atoms with van der Waals surface area (Å²) in [7, 11) is 0. The Morgan fingerprint density at radius 2 is 2.19 bits per heavy atom. The predicted molar refractivity (Wildman–Crippen MR) is 84.1 cm³/mol. The van der Waals surface area contributed by atoms with Gasteiger partial charge in [-0.05, 0) is 30.5 Å². The fourth-order valence-electron chi connectivity index (χ4n) is 2.91. The maximum atomic E-state index is 11.5. The minimum absolute atomic E-state index is 0.193. The lowest BCUT2D eigenvalue weighted by molar-refractivity contribution is -0.122. The van der Waals surface area contributed by atoms with E-state index in [1.165, 1.54) is 25.7 Å². The van der Waals surface area contributed by atoms with Gasteiger partial charge in [-0.1, -0.05) is 25.0 Å². The van der Waals surface area contributed by atoms with E-state index in [0.29, 0.717) is 25.0 Å². The zero-order valence-corrected chi connectivity index (χ0v) is 12.2. The molecule has 1 aliphatic carbocycles. The Morgan fingerprint density at radius 1 is 1.38 bits per heavy atom. The molecule has 5 heteroatoms. The van der Waals surface area contributed by atoms with Gasteiger partial charge in [0.2, 0.25) is 5.91 Å². The molecule has 1 aromatic rings. The molecule has 3 rings (SSSR count). The molecule has 3 N–H and O–H groups in total. The van der Waals surface area contributed by atoms with Crippen LogP contribution in [0.5, 0.6) is 0 Å². The zero-order chi connectivity index (χ0) is 14.7. The number of aliphatic imine (C=N–C) groups is 1. The highest BCUT2D eigenvalue weighted by Gasteiger charge is 2.25. The van der Waals surface area contributed by atoms with Gasteiger partial charge < -0.3 is 16.0 Å². The highest BCUT2D eigenvalue weighted by Crippen LogP contribution is 2.23. The van der Waals surface area contributed by atoms with E-state index in [4.69, 9.17) is 5.73 Å². The van der Waals surface area contributed by atoms with Gasteiger partial charge in [0, 0.05) is 24.7 Å². The lowest BCUT2D eigenvalue weighted by atomic mass is 10.1. The summed E-state index contributed by atoms with van der Waals surface area (Å²) in [6, 6.07) is 8.44. The number of guanidine groups is 1. The van der Waals surface area contributed by atoms with E-state index in [1.54, 1.807) is 4.90 Å². The quantitative estimate of drug-likeness (QED) is 0.503. The zero-order valence-electron chi connectivity index (χ0n) is 12.2. The van der Waals surface area contributed by atoms with Gasteiger partial charge in [-0.3, -0.25) is 4.79 Å². The molecule has 1 aromatic carbocycles. The van der Waals surface area contributed by atoms with Crippen LogP contribution in [-0.4, -0.2) is 24.5 Å². The van der Waals surface area contributed by atoms with Crippen LogP contribution in [0.4, 0.5) is 5.69 Å². The number of carbonyl (C=O) groups is 1. The number of nitrogens with two attached hydrogens (primary N) is 1. The lowest BCUT2D eigenvalue weighted by Crippen LogP contribution is -2.43. The highest BCUT2D eigenvalue weighted by atomic mass is 16.2. The molecular weight excluding hydrogens is 264 g/mol. The third-order valence-electron chi connectivity index (χ3n) is 4.21. The minimum atomic E-state index is 0.193. The minimum Gasteiger partial charge on any atom is -0.370 e. The molecular formula is C16H22N4O. The SMILES string of the molecule is NC(=NCc1cccc(N2CCC2=O)c1)NC1CCCC1. The first-order valence-corrected chi connectivity index (χ1v) is 7.68. The van der Waals surface area contributed by atoms with Crippen molar-refractivity contribution in [3.8, 4) is 0 Å². The third kappa shape index (κ3) is 3.35. The molecule has 0 bridgehead atoms. The monoisotopic (exact) mass is 286 g/mol. The van der Waals surface area contributed by atoms with E-state index in [2.05, 4.69) is 10.3 Å². The molecule has 1 saturated heterocycles. The molecule has 0 spiro atoms. The summed E-state index contributed by atoms with van der Waals surface area (Å²) in [6.45, 7) is 1.36. The summed E-state index contributed by atoms with van der Waals surface area (Å²) < 4.78 is 0. The third-order valence-corrected chi connectivity index (χ3v) is 4.21. The number of rotatable bonds is 4. The molecule has 2 fully saturated rings. The fourth-order valence-corrected chi connectivity index (χ4v) is 2.91. The molecule has 21 heavy (non-hydrogen) atoms. The van der Waals surface area contributed by atoms with Gasteiger partial charge in [-0.25, -0.2) is 4.99 Å². The van der Waals surface area contributed by atoms with Crippen LogP contribution < -0.4 is 16.0 Å². The second-order valence-corrected chi connectivity index (χ2v) is 5.79. The van der Waals surface area contributed by atoms with Gasteiger partial charge in [0.15, 0.2) is 5.96 Å². The van der Waals surface area contributed by atoms with Gasteiger partial charge >= 0.3 is 0 Å². The number of β-lactam (4-membered cyclic amide) rings is 1. The van der Waals surface area contributed by atoms with Crippen LogP contribution in [0.2, 0.25) is 0 Å². The van der Waals surface area contributed by atoms with Gasteiger partial charge in [0.25, 0.3) is 0 Å². The smallest absolute Gasteiger partial charge is 0.228 e. The van der Waals surface area contributed by atoms with Crippen molar-refractivity contribution < 1.29 is 4.79 Å². The van der Waals surface area contributed by atoms with Gasteiger partial charge in [0.05, 0.1) is 6.54 Å². The molecule has 1 saturated carbocycles. The van der Waals surface area contributed by atoms with Gasteiger partial charge in [0.1, 0.15) is 0 Å². The number of benzene rings is 1. The second kappa shape index (κ2) is 6.16. The van der Waals surface area contributed by atoms with Crippen LogP contribution >= 0.6 is 0 Å². The Bertz CT molecular complexity index is 549. The molecule has 0 atom stereocenters. The van der Waals surface area contributed by atoms with Crippen molar-refractivity contribution in [3.05, 3.63) is 29.8 Å². The van der Waals surface area contributed by atoms with E-state index < -0.39 is 0 Å². The summed E-state index contributed by atoms with van der Waals surface area (Å²) in [6.07, 6.45) is 5.57. The topological polar surface area (TPSA) is 70.7 Å². The Morgan fingerprint density at radius 3 is 2.86 bits per heavy atom. The number of carbonyl (C=O) groups excluding carboxylic acids is 1. The van der Waals surface area contributed by atoms with Crippen molar-refractivity contribution in [3.63, 3.8) is 0 Å². The Hall–Kier alpha value is -2.04. The molecule has 1 aliphatic heterocycles. The van der Waals surface area contributed by atoms with Crippen LogP contribution in [0.15, 0.2) is 29.3 Å². The van der Waals surface area contributed by atoms with Crippen LogP contribution in [0, 0.1) is 0 Å². The second-order valence-electron chi connectivity index (χ2n) is 5.79. The number of hydrogen-bond donors (Lipinski definition) is 2. The standard InChI is InChI=1S/C16H22N4O/c17-16(19-13-5-1-2-6-13)18-11-12-4-3-7-14(10-12)20-9-8-15(20)21/h3-4,7,10,13H,1-2,5-6,8-9,11H2,(H3,17,18,19). The molecule has 1 heterocycles. The van der Waals surface area contributed by atoms with Gasteiger partial charge in [-0.2, -0.15) is 0 Å². The molecule has 0 unspecified atom stereocenters. The molecule has 0 radical (unpaired) electrons. The number of nitrogens with zero attached hydrogens (tertiary/aromatic N) is 2. The average molecular weight is 286 g/mol. The maximum Gasteiger partial charge on any atom is 0.228 e. The van der Waals surface area contributed by atoms with Crippen LogP contribution in [-0.2, 0) is 11.3 Å².